The number of pyridine rings is 2. The number of nitrogens with zero attached hydrogens (tertiary/aromatic N) is 3. The lowest BCUT2D eigenvalue weighted by Crippen LogP contribution is -2.45. The molecule has 0 amide bonds. The molecule has 1 saturated carbocycles. The Bertz CT molecular complexity index is 1250. The number of nitrogens with one attached hydrogen (secondary N) is 2. The number of piperazine rings is 1. The predicted molar refractivity (Wildman–Crippen MR) is 153 cm³/mol. The van der Waals surface area contributed by atoms with E-state index < -0.39 is 0 Å². The number of phenols is 1. The first-order chi connectivity index (χ1) is 17.4. The van der Waals surface area contributed by atoms with E-state index in [0.717, 1.165) is 50.6 Å². The highest BCUT2D eigenvalue weighted by atomic mass is 35.5. The number of Topliss-reactive ketones (excluding diaryl/α,β-unsaturated/α-hetero) is 1. The van der Waals surface area contributed by atoms with Crippen molar-refractivity contribution in [3.63, 3.8) is 0 Å². The first kappa shape index (κ1) is 27.9. The summed E-state index contributed by atoms with van der Waals surface area (Å²) in [5.41, 5.74) is 3.93. The molecule has 2 aromatic heterocycles. The molecule has 37 heavy (non-hydrogen) atoms. The number of phenolic OH excluding ortho intramolecular Hbond substituents is 1. The van der Waals surface area contributed by atoms with E-state index in [2.05, 4.69) is 20.5 Å². The Morgan fingerprint density at radius 2 is 1.81 bits per heavy atom. The smallest absolute Gasteiger partial charge is 0.163 e. The summed E-state index contributed by atoms with van der Waals surface area (Å²) in [6.45, 7) is 7.16. The Hall–Kier alpha value is -2.16. The van der Waals surface area contributed by atoms with E-state index in [1.807, 2.05) is 12.1 Å². The van der Waals surface area contributed by atoms with Crippen LogP contribution in [0.4, 0.5) is 5.69 Å². The van der Waals surface area contributed by atoms with Crippen molar-refractivity contribution in [1.29, 1.82) is 0 Å². The Labute approximate surface area is 233 Å². The first-order valence-electron chi connectivity index (χ1n) is 12.6. The number of hydrogen-bond acceptors (Lipinski definition) is 7. The van der Waals surface area contributed by atoms with Crippen LogP contribution in [0.2, 0.25) is 10.0 Å². The SMILES string of the molecule is CC(=O)c1cnc2ccc(-c3cc(Cl)c(O)c(Cl)c3)nc2c1NC1CCC(CN2CCNCC2)CC1.Cl. The largest absolute Gasteiger partial charge is 0.505 e. The maximum absolute atomic E-state index is 12.5. The number of aromatic nitrogens is 2. The van der Waals surface area contributed by atoms with Gasteiger partial charge in [-0.25, -0.2) is 4.98 Å². The first-order valence-corrected chi connectivity index (χ1v) is 13.3. The summed E-state index contributed by atoms with van der Waals surface area (Å²) in [5.74, 6) is 0.511. The Kier molecular flexibility index (Phi) is 9.14. The van der Waals surface area contributed by atoms with E-state index in [0.29, 0.717) is 27.9 Å². The molecule has 3 N–H and O–H groups in total. The van der Waals surface area contributed by atoms with Crippen LogP contribution in [-0.2, 0) is 0 Å². The van der Waals surface area contributed by atoms with Gasteiger partial charge in [0, 0.05) is 50.5 Å². The van der Waals surface area contributed by atoms with Crippen LogP contribution in [0.25, 0.3) is 22.3 Å². The summed E-state index contributed by atoms with van der Waals surface area (Å²) < 4.78 is 0. The second-order valence-electron chi connectivity index (χ2n) is 9.87. The van der Waals surface area contributed by atoms with Crippen molar-refractivity contribution in [3.8, 4) is 17.0 Å². The quantitative estimate of drug-likeness (QED) is 0.326. The van der Waals surface area contributed by atoms with E-state index in [9.17, 15) is 9.90 Å². The molecule has 198 valence electrons. The van der Waals surface area contributed by atoms with Gasteiger partial charge in [-0.3, -0.25) is 9.78 Å². The Balaban J connectivity index is 0.00000320. The predicted octanol–water partition coefficient (Wildman–Crippen LogP) is 5.81. The zero-order chi connectivity index (χ0) is 25.2. The van der Waals surface area contributed by atoms with Crippen molar-refractivity contribution < 1.29 is 9.90 Å². The number of fused-ring (bicyclic) bond motifs is 1. The number of rotatable bonds is 6. The minimum atomic E-state index is -0.154. The molecular weight excluding hydrogens is 533 g/mol. The van der Waals surface area contributed by atoms with Gasteiger partial charge < -0.3 is 20.6 Å². The minimum Gasteiger partial charge on any atom is -0.505 e. The summed E-state index contributed by atoms with van der Waals surface area (Å²) in [6.07, 6.45) is 6.09. The summed E-state index contributed by atoms with van der Waals surface area (Å²) in [4.78, 5) is 24.5. The molecule has 3 heterocycles. The molecule has 0 bridgehead atoms. The van der Waals surface area contributed by atoms with E-state index in [1.165, 1.54) is 19.4 Å². The number of hydrogen-bond donors (Lipinski definition) is 3. The number of anilines is 1. The highest BCUT2D eigenvalue weighted by molar-refractivity contribution is 6.37. The molecule has 5 rings (SSSR count). The highest BCUT2D eigenvalue weighted by Gasteiger charge is 2.25. The fraction of sp³-hybridized carbons (Fsp3) is 0.444. The minimum absolute atomic E-state index is 0. The van der Waals surface area contributed by atoms with Gasteiger partial charge in [-0.1, -0.05) is 23.2 Å². The molecule has 2 fully saturated rings. The third-order valence-corrected chi connectivity index (χ3v) is 7.90. The van der Waals surface area contributed by atoms with Gasteiger partial charge in [0.2, 0.25) is 0 Å². The van der Waals surface area contributed by atoms with Crippen LogP contribution in [0.5, 0.6) is 5.75 Å². The third-order valence-electron chi connectivity index (χ3n) is 7.33. The van der Waals surface area contributed by atoms with Crippen LogP contribution in [-0.4, -0.2) is 64.5 Å². The number of carbonyl (C=O) groups is 1. The second kappa shape index (κ2) is 12.1. The topological polar surface area (TPSA) is 90.4 Å². The summed E-state index contributed by atoms with van der Waals surface area (Å²) in [7, 11) is 0. The lowest BCUT2D eigenvalue weighted by molar-refractivity contribution is 0.101. The van der Waals surface area contributed by atoms with Gasteiger partial charge in [-0.2, -0.15) is 0 Å². The maximum atomic E-state index is 12.5. The van der Waals surface area contributed by atoms with Crippen LogP contribution in [0.3, 0.4) is 0 Å². The molecule has 0 atom stereocenters. The van der Waals surface area contributed by atoms with Crippen molar-refractivity contribution in [1.82, 2.24) is 20.2 Å². The van der Waals surface area contributed by atoms with E-state index >= 15 is 0 Å². The molecule has 0 unspecified atom stereocenters. The van der Waals surface area contributed by atoms with Crippen molar-refractivity contribution in [2.75, 3.05) is 38.0 Å². The monoisotopic (exact) mass is 563 g/mol. The average molecular weight is 565 g/mol. The number of ketones is 1. The lowest BCUT2D eigenvalue weighted by Gasteiger charge is -2.35. The summed E-state index contributed by atoms with van der Waals surface area (Å²) >= 11 is 12.3. The van der Waals surface area contributed by atoms with Crippen molar-refractivity contribution in [2.45, 2.75) is 38.6 Å². The molecule has 0 radical (unpaired) electrons. The van der Waals surface area contributed by atoms with Crippen LogP contribution >= 0.6 is 35.6 Å². The molecule has 2 aliphatic rings. The number of benzene rings is 1. The van der Waals surface area contributed by atoms with Gasteiger partial charge in [0.1, 0.15) is 5.52 Å². The fourth-order valence-electron chi connectivity index (χ4n) is 5.31. The Morgan fingerprint density at radius 3 is 2.46 bits per heavy atom. The van der Waals surface area contributed by atoms with E-state index in [1.54, 1.807) is 25.3 Å². The number of carbonyl (C=O) groups excluding carboxylic acids is 1. The van der Waals surface area contributed by atoms with Crippen molar-refractivity contribution in [3.05, 3.63) is 46.1 Å². The molecule has 0 spiro atoms. The lowest BCUT2D eigenvalue weighted by atomic mass is 9.85. The van der Waals surface area contributed by atoms with Gasteiger partial charge in [-0.05, 0) is 62.8 Å². The van der Waals surface area contributed by atoms with Gasteiger partial charge in [0.05, 0.1) is 32.5 Å². The van der Waals surface area contributed by atoms with Crippen LogP contribution in [0, 0.1) is 5.92 Å². The van der Waals surface area contributed by atoms with E-state index in [4.69, 9.17) is 28.2 Å². The van der Waals surface area contributed by atoms with Crippen LogP contribution in [0.1, 0.15) is 43.0 Å². The molecule has 7 nitrogen and oxygen atoms in total. The van der Waals surface area contributed by atoms with Gasteiger partial charge >= 0.3 is 0 Å². The molecule has 1 saturated heterocycles. The summed E-state index contributed by atoms with van der Waals surface area (Å²) in [6, 6.07) is 7.26. The normalized spacial score (nSPS) is 20.4. The van der Waals surface area contributed by atoms with E-state index in [-0.39, 0.29) is 40.0 Å². The molecule has 1 aliphatic carbocycles. The second-order valence-corrected chi connectivity index (χ2v) is 10.7. The molecule has 3 aromatic rings. The average Bonchev–Trinajstić information content (AvgIpc) is 2.88. The summed E-state index contributed by atoms with van der Waals surface area (Å²) in [5, 5.41) is 17.3. The highest BCUT2D eigenvalue weighted by Crippen LogP contribution is 2.37. The zero-order valence-electron chi connectivity index (χ0n) is 20.8. The fourth-order valence-corrected chi connectivity index (χ4v) is 5.79. The van der Waals surface area contributed by atoms with Gasteiger partial charge in [0.15, 0.2) is 11.5 Å². The standard InChI is InChI=1S/C27H31Cl2N5O2.ClH/c1-16(35)20-14-31-24-7-6-23(18-12-21(28)27(36)22(29)13-18)33-26(24)25(20)32-19-4-2-17(3-5-19)15-34-10-8-30-9-11-34;/h6-7,12-14,17,19,30,36H,2-5,8-11,15H2,1H3,(H,31,32);1H. The number of aromatic hydroxyl groups is 1. The molecule has 1 aromatic carbocycles. The van der Waals surface area contributed by atoms with Crippen molar-refractivity contribution >= 4 is 58.1 Å². The molecule has 1 aliphatic heterocycles. The third kappa shape index (κ3) is 6.29. The van der Waals surface area contributed by atoms with Gasteiger partial charge in [-0.15, -0.1) is 12.4 Å². The van der Waals surface area contributed by atoms with Crippen LogP contribution < -0.4 is 10.6 Å². The number of halogens is 3. The van der Waals surface area contributed by atoms with Gasteiger partial charge in [0.25, 0.3) is 0 Å². The molecular formula is C27H32Cl3N5O2. The van der Waals surface area contributed by atoms with Crippen LogP contribution in [0.15, 0.2) is 30.5 Å². The zero-order valence-corrected chi connectivity index (χ0v) is 23.1. The van der Waals surface area contributed by atoms with Crippen molar-refractivity contribution in [2.24, 2.45) is 5.92 Å². The Morgan fingerprint density at radius 1 is 1.14 bits per heavy atom. The molecule has 10 heteroatoms. The maximum Gasteiger partial charge on any atom is 0.163 e.